The minimum atomic E-state index is -0.981. The SMILES string of the molecule is C=CC(=O)O.CCCCCC(CCCc1ccccc1O)OCCC. The van der Waals surface area contributed by atoms with Crippen LogP contribution in [0.5, 0.6) is 5.75 Å². The Morgan fingerprint density at radius 2 is 1.80 bits per heavy atom. The van der Waals surface area contributed by atoms with E-state index < -0.39 is 5.97 Å². The Bertz CT molecular complexity index is 471. The molecule has 0 spiro atoms. The summed E-state index contributed by atoms with van der Waals surface area (Å²) in [4.78, 5) is 9.25. The summed E-state index contributed by atoms with van der Waals surface area (Å²) in [6.07, 6.45) is 10.4. The number of aliphatic carboxylic acids is 1. The van der Waals surface area contributed by atoms with Gasteiger partial charge in [-0.25, -0.2) is 4.79 Å². The first-order valence-electron chi connectivity index (χ1n) is 9.28. The van der Waals surface area contributed by atoms with E-state index in [9.17, 15) is 9.90 Å². The molecule has 0 aliphatic carbocycles. The fraction of sp³-hybridized carbons (Fsp3) is 0.571. The minimum absolute atomic E-state index is 0.396. The van der Waals surface area contributed by atoms with Gasteiger partial charge in [-0.2, -0.15) is 0 Å². The van der Waals surface area contributed by atoms with Crippen molar-refractivity contribution in [1.29, 1.82) is 0 Å². The largest absolute Gasteiger partial charge is 0.508 e. The summed E-state index contributed by atoms with van der Waals surface area (Å²) in [7, 11) is 0. The summed E-state index contributed by atoms with van der Waals surface area (Å²) in [5.41, 5.74) is 1.05. The number of rotatable bonds is 12. The highest BCUT2D eigenvalue weighted by Crippen LogP contribution is 2.20. The van der Waals surface area contributed by atoms with Gasteiger partial charge in [0.2, 0.25) is 0 Å². The van der Waals surface area contributed by atoms with E-state index in [0.717, 1.165) is 43.9 Å². The monoisotopic (exact) mass is 350 g/mol. The Morgan fingerprint density at radius 3 is 2.36 bits per heavy atom. The number of aromatic hydroxyl groups is 1. The molecule has 0 radical (unpaired) electrons. The number of aryl methyl sites for hydroxylation is 1. The highest BCUT2D eigenvalue weighted by atomic mass is 16.5. The van der Waals surface area contributed by atoms with Crippen LogP contribution in [0.25, 0.3) is 0 Å². The average molecular weight is 350 g/mol. The number of ether oxygens (including phenoxy) is 1. The van der Waals surface area contributed by atoms with Gasteiger partial charge in [0.05, 0.1) is 6.10 Å². The summed E-state index contributed by atoms with van der Waals surface area (Å²) in [5.74, 6) is -0.561. The Hall–Kier alpha value is -1.81. The van der Waals surface area contributed by atoms with E-state index in [-0.39, 0.29) is 0 Å². The quantitative estimate of drug-likeness (QED) is 0.394. The van der Waals surface area contributed by atoms with Crippen molar-refractivity contribution in [3.63, 3.8) is 0 Å². The summed E-state index contributed by atoms with van der Waals surface area (Å²) in [6, 6.07) is 7.63. The zero-order chi connectivity index (χ0) is 18.9. The van der Waals surface area contributed by atoms with Gasteiger partial charge >= 0.3 is 5.97 Å². The average Bonchev–Trinajstić information content (AvgIpc) is 2.61. The molecule has 0 amide bonds. The van der Waals surface area contributed by atoms with Crippen molar-refractivity contribution >= 4 is 5.97 Å². The maximum Gasteiger partial charge on any atom is 0.327 e. The highest BCUT2D eigenvalue weighted by molar-refractivity contribution is 5.78. The highest BCUT2D eigenvalue weighted by Gasteiger charge is 2.09. The lowest BCUT2D eigenvalue weighted by molar-refractivity contribution is -0.131. The molecule has 25 heavy (non-hydrogen) atoms. The molecule has 0 aliphatic rings. The molecule has 0 saturated carbocycles. The predicted octanol–water partition coefficient (Wildman–Crippen LogP) is 5.35. The van der Waals surface area contributed by atoms with Gasteiger partial charge in [-0.3, -0.25) is 0 Å². The second-order valence-corrected chi connectivity index (χ2v) is 6.05. The standard InChI is InChI=1S/C18H30O2.C3H4O2/c1-3-5-6-12-17(20-15-4-2)13-9-11-16-10-7-8-14-18(16)19;1-2-3(4)5/h7-8,10,14,17,19H,3-6,9,11-13,15H2,1-2H3;2H,1H2,(H,4,5). The predicted molar refractivity (Wildman–Crippen MR) is 103 cm³/mol. The molecule has 4 heteroatoms. The fourth-order valence-electron chi connectivity index (χ4n) is 2.46. The minimum Gasteiger partial charge on any atom is -0.508 e. The molecule has 4 nitrogen and oxygen atoms in total. The Kier molecular flexibility index (Phi) is 14.6. The molecule has 0 bridgehead atoms. The zero-order valence-electron chi connectivity index (χ0n) is 15.7. The van der Waals surface area contributed by atoms with Crippen LogP contribution in [0.3, 0.4) is 0 Å². The summed E-state index contributed by atoms with van der Waals surface area (Å²) in [6.45, 7) is 8.22. The molecular formula is C21H34O4. The third-order valence-corrected chi connectivity index (χ3v) is 3.83. The smallest absolute Gasteiger partial charge is 0.327 e. The molecule has 142 valence electrons. The summed E-state index contributed by atoms with van der Waals surface area (Å²) < 4.78 is 5.94. The normalized spacial score (nSPS) is 11.3. The van der Waals surface area contributed by atoms with Crippen LogP contribution in [0.15, 0.2) is 36.9 Å². The molecule has 0 saturated heterocycles. The molecule has 1 unspecified atom stereocenters. The van der Waals surface area contributed by atoms with Crippen LogP contribution in [0.1, 0.15) is 64.4 Å². The first kappa shape index (κ1) is 23.2. The van der Waals surface area contributed by atoms with Crippen LogP contribution in [0.4, 0.5) is 0 Å². The van der Waals surface area contributed by atoms with E-state index in [0.29, 0.717) is 11.9 Å². The van der Waals surface area contributed by atoms with Crippen molar-refractivity contribution in [3.05, 3.63) is 42.5 Å². The van der Waals surface area contributed by atoms with E-state index in [4.69, 9.17) is 9.84 Å². The Labute approximate surface area is 152 Å². The number of carboxylic acid groups (broad SMARTS) is 1. The summed E-state index contributed by atoms with van der Waals surface area (Å²) in [5, 5.41) is 17.4. The van der Waals surface area contributed by atoms with Crippen LogP contribution in [0.2, 0.25) is 0 Å². The number of hydrogen-bond donors (Lipinski definition) is 2. The maximum absolute atomic E-state index is 9.76. The molecule has 0 aliphatic heterocycles. The van der Waals surface area contributed by atoms with Crippen LogP contribution in [-0.2, 0) is 16.0 Å². The Morgan fingerprint density at radius 1 is 1.16 bits per heavy atom. The van der Waals surface area contributed by atoms with Gasteiger partial charge in [0.25, 0.3) is 0 Å². The lowest BCUT2D eigenvalue weighted by Crippen LogP contribution is -2.14. The molecule has 0 heterocycles. The number of phenolic OH excluding ortho intramolecular Hbond substituents is 1. The molecule has 1 aromatic rings. The number of phenols is 1. The van der Waals surface area contributed by atoms with Gasteiger partial charge in [-0.05, 0) is 43.7 Å². The van der Waals surface area contributed by atoms with Crippen molar-refractivity contribution in [1.82, 2.24) is 0 Å². The van der Waals surface area contributed by atoms with Crippen molar-refractivity contribution in [2.75, 3.05) is 6.61 Å². The number of para-hydroxylation sites is 1. The first-order chi connectivity index (χ1) is 12.0. The van der Waals surface area contributed by atoms with Gasteiger partial charge < -0.3 is 14.9 Å². The molecular weight excluding hydrogens is 316 g/mol. The zero-order valence-corrected chi connectivity index (χ0v) is 15.7. The third kappa shape index (κ3) is 13.2. The number of carbonyl (C=O) groups is 1. The van der Waals surface area contributed by atoms with Crippen molar-refractivity contribution < 1.29 is 19.7 Å². The van der Waals surface area contributed by atoms with Crippen molar-refractivity contribution in [3.8, 4) is 5.75 Å². The molecule has 1 rings (SSSR count). The van der Waals surface area contributed by atoms with Crippen LogP contribution >= 0.6 is 0 Å². The topological polar surface area (TPSA) is 66.8 Å². The lowest BCUT2D eigenvalue weighted by Gasteiger charge is -2.17. The lowest BCUT2D eigenvalue weighted by atomic mass is 10.0. The van der Waals surface area contributed by atoms with E-state index in [1.807, 2.05) is 18.2 Å². The fourth-order valence-corrected chi connectivity index (χ4v) is 2.46. The second-order valence-electron chi connectivity index (χ2n) is 6.05. The van der Waals surface area contributed by atoms with Gasteiger partial charge in [-0.15, -0.1) is 0 Å². The van der Waals surface area contributed by atoms with Crippen molar-refractivity contribution in [2.24, 2.45) is 0 Å². The number of unbranched alkanes of at least 4 members (excludes halogenated alkanes) is 2. The summed E-state index contributed by atoms with van der Waals surface area (Å²) >= 11 is 0. The van der Waals surface area contributed by atoms with E-state index in [2.05, 4.69) is 20.4 Å². The van der Waals surface area contributed by atoms with Crippen LogP contribution in [-0.4, -0.2) is 28.9 Å². The van der Waals surface area contributed by atoms with E-state index in [1.165, 1.54) is 25.7 Å². The van der Waals surface area contributed by atoms with Gasteiger partial charge in [-0.1, -0.05) is 57.9 Å². The van der Waals surface area contributed by atoms with E-state index >= 15 is 0 Å². The molecule has 1 atom stereocenters. The van der Waals surface area contributed by atoms with E-state index in [1.54, 1.807) is 6.07 Å². The van der Waals surface area contributed by atoms with Gasteiger partial charge in [0, 0.05) is 12.7 Å². The maximum atomic E-state index is 9.76. The molecule has 1 aromatic carbocycles. The first-order valence-corrected chi connectivity index (χ1v) is 9.28. The molecule has 2 N–H and O–H groups in total. The van der Waals surface area contributed by atoms with Gasteiger partial charge in [0.1, 0.15) is 5.75 Å². The molecule has 0 aromatic heterocycles. The van der Waals surface area contributed by atoms with Crippen LogP contribution < -0.4 is 0 Å². The van der Waals surface area contributed by atoms with Crippen LogP contribution in [0, 0.1) is 0 Å². The Balaban J connectivity index is 0.00000101. The number of carboxylic acids is 1. The van der Waals surface area contributed by atoms with Gasteiger partial charge in [0.15, 0.2) is 0 Å². The number of benzene rings is 1. The van der Waals surface area contributed by atoms with Crippen molar-refractivity contribution in [2.45, 2.75) is 71.3 Å². The molecule has 0 fully saturated rings. The number of hydrogen-bond acceptors (Lipinski definition) is 3. The third-order valence-electron chi connectivity index (χ3n) is 3.83. The second kappa shape index (κ2) is 15.7.